The molecule has 0 amide bonds. The van der Waals surface area contributed by atoms with Crippen molar-refractivity contribution < 1.29 is 36.2 Å². The van der Waals surface area contributed by atoms with Crippen molar-refractivity contribution in [3.63, 3.8) is 0 Å². The molecule has 0 aliphatic rings. The lowest BCUT2D eigenvalue weighted by Crippen LogP contribution is -2.10. The quantitative estimate of drug-likeness (QED) is 0.372. The Labute approximate surface area is 176 Å². The number of alkyl halides is 6. The van der Waals surface area contributed by atoms with Crippen LogP contribution in [0.2, 0.25) is 0 Å². The highest BCUT2D eigenvalue weighted by Gasteiger charge is 2.34. The van der Waals surface area contributed by atoms with Gasteiger partial charge in [0.25, 0.3) is 0 Å². The second kappa shape index (κ2) is 7.25. The van der Waals surface area contributed by atoms with Gasteiger partial charge in [-0.15, -0.1) is 0 Å². The predicted molar refractivity (Wildman–Crippen MR) is 105 cm³/mol. The SMILES string of the molecule is Cc1c(-c2ccnc3c(C(F)(F)F)cccc23)c2cc(C(F)(F)F)ccc2n1CC(=O)O. The Morgan fingerprint density at radius 1 is 1.00 bits per heavy atom. The number of hydrogen-bond acceptors (Lipinski definition) is 2. The molecule has 4 rings (SSSR count). The Morgan fingerprint density at radius 2 is 1.72 bits per heavy atom. The lowest BCUT2D eigenvalue weighted by Gasteiger charge is -2.13. The van der Waals surface area contributed by atoms with Crippen molar-refractivity contribution in [2.45, 2.75) is 25.8 Å². The molecule has 0 saturated heterocycles. The number of carboxylic acids is 1. The molecule has 4 aromatic rings. The topological polar surface area (TPSA) is 55.1 Å². The van der Waals surface area contributed by atoms with Crippen molar-refractivity contribution in [2.24, 2.45) is 0 Å². The largest absolute Gasteiger partial charge is 0.480 e. The van der Waals surface area contributed by atoms with Gasteiger partial charge in [0.2, 0.25) is 0 Å². The van der Waals surface area contributed by atoms with Gasteiger partial charge in [-0.05, 0) is 42.8 Å². The van der Waals surface area contributed by atoms with E-state index in [-0.39, 0.29) is 32.9 Å². The first kappa shape index (κ1) is 21.7. The molecule has 0 aliphatic carbocycles. The van der Waals surface area contributed by atoms with E-state index in [1.807, 2.05) is 0 Å². The van der Waals surface area contributed by atoms with Crippen LogP contribution < -0.4 is 0 Å². The first-order chi connectivity index (χ1) is 14.9. The molecule has 2 aromatic heterocycles. The van der Waals surface area contributed by atoms with Gasteiger partial charge in [0.15, 0.2) is 0 Å². The minimum atomic E-state index is -4.68. The van der Waals surface area contributed by atoms with Crippen LogP contribution in [0.3, 0.4) is 0 Å². The maximum absolute atomic E-state index is 13.5. The Hall–Kier alpha value is -3.56. The summed E-state index contributed by atoms with van der Waals surface area (Å²) in [5.74, 6) is -1.21. The molecule has 0 spiro atoms. The number of carbonyl (C=O) groups is 1. The van der Waals surface area contributed by atoms with Crippen molar-refractivity contribution in [2.75, 3.05) is 0 Å². The number of benzene rings is 2. The summed E-state index contributed by atoms with van der Waals surface area (Å²) >= 11 is 0. The lowest BCUT2D eigenvalue weighted by atomic mass is 9.96. The average molecular weight is 452 g/mol. The Balaban J connectivity index is 2.12. The standard InChI is InChI=1S/C22H14F6N2O2/c1-11-19(13-7-8-29-20-14(13)3-2-4-16(20)22(26,27)28)15-9-12(21(23,24)25)5-6-17(15)30(11)10-18(31)32/h2-9H,10H2,1H3,(H,31,32). The summed E-state index contributed by atoms with van der Waals surface area (Å²) in [6.45, 7) is 0.996. The summed E-state index contributed by atoms with van der Waals surface area (Å²) in [5, 5.41) is 9.46. The zero-order valence-corrected chi connectivity index (χ0v) is 16.3. The van der Waals surface area contributed by atoms with Crippen LogP contribution in [0.1, 0.15) is 16.8 Å². The number of pyridine rings is 1. The Kier molecular flexibility index (Phi) is 4.91. The van der Waals surface area contributed by atoms with Crippen LogP contribution in [-0.4, -0.2) is 20.6 Å². The van der Waals surface area contributed by atoms with Gasteiger partial charge in [-0.2, -0.15) is 26.3 Å². The number of fused-ring (bicyclic) bond motifs is 2. The summed E-state index contributed by atoms with van der Waals surface area (Å²) in [6.07, 6.45) is -8.18. The van der Waals surface area contributed by atoms with Gasteiger partial charge in [-0.25, -0.2) is 0 Å². The van der Waals surface area contributed by atoms with E-state index in [2.05, 4.69) is 4.98 Å². The lowest BCUT2D eigenvalue weighted by molar-refractivity contribution is -0.138. The maximum Gasteiger partial charge on any atom is 0.418 e. The van der Waals surface area contributed by atoms with Gasteiger partial charge in [0.05, 0.1) is 16.6 Å². The number of nitrogens with zero attached hydrogens (tertiary/aromatic N) is 2. The Bertz CT molecular complexity index is 1370. The molecule has 4 nitrogen and oxygen atoms in total. The summed E-state index contributed by atoms with van der Waals surface area (Å²) in [7, 11) is 0. The summed E-state index contributed by atoms with van der Waals surface area (Å²) in [4.78, 5) is 15.2. The molecule has 0 atom stereocenters. The van der Waals surface area contributed by atoms with Gasteiger partial charge >= 0.3 is 18.3 Å². The van der Waals surface area contributed by atoms with E-state index >= 15 is 0 Å². The number of carboxylic acid groups (broad SMARTS) is 1. The minimum absolute atomic E-state index is 0.0866. The molecule has 0 fully saturated rings. The number of para-hydroxylation sites is 1. The van der Waals surface area contributed by atoms with Crippen LogP contribution in [-0.2, 0) is 23.7 Å². The molecule has 1 N–H and O–H groups in total. The molecule has 2 aromatic carbocycles. The van der Waals surface area contributed by atoms with Crippen molar-refractivity contribution in [1.82, 2.24) is 9.55 Å². The number of rotatable bonds is 3. The fourth-order valence-electron chi connectivity index (χ4n) is 3.96. The first-order valence-electron chi connectivity index (χ1n) is 9.26. The van der Waals surface area contributed by atoms with Gasteiger partial charge in [0, 0.05) is 33.7 Å². The normalized spacial score (nSPS) is 12.6. The highest BCUT2D eigenvalue weighted by Crippen LogP contribution is 2.42. The van der Waals surface area contributed by atoms with Crippen molar-refractivity contribution in [3.05, 3.63) is 65.5 Å². The molecule has 0 unspecified atom stereocenters. The number of aromatic nitrogens is 2. The molecular weight excluding hydrogens is 438 g/mol. The van der Waals surface area contributed by atoms with Crippen molar-refractivity contribution >= 4 is 27.8 Å². The van der Waals surface area contributed by atoms with Gasteiger partial charge in [-0.3, -0.25) is 9.78 Å². The van der Waals surface area contributed by atoms with E-state index in [0.717, 1.165) is 24.4 Å². The zero-order valence-electron chi connectivity index (χ0n) is 16.3. The number of halogens is 6. The van der Waals surface area contributed by atoms with E-state index in [4.69, 9.17) is 0 Å². The minimum Gasteiger partial charge on any atom is -0.480 e. The molecular formula is C22H14F6N2O2. The van der Waals surface area contributed by atoms with Gasteiger partial charge in [-0.1, -0.05) is 12.1 Å². The summed E-state index contributed by atoms with van der Waals surface area (Å²) in [6, 6.07) is 7.79. The molecule has 10 heteroatoms. The van der Waals surface area contributed by atoms with Crippen LogP contribution in [0.4, 0.5) is 26.3 Å². The molecule has 166 valence electrons. The Morgan fingerprint density at radius 3 is 2.34 bits per heavy atom. The van der Waals surface area contributed by atoms with Crippen molar-refractivity contribution in [1.29, 1.82) is 0 Å². The smallest absolute Gasteiger partial charge is 0.418 e. The summed E-state index contributed by atoms with van der Waals surface area (Å²) < 4.78 is 81.9. The molecule has 0 bridgehead atoms. The molecule has 0 radical (unpaired) electrons. The third-order valence-electron chi connectivity index (χ3n) is 5.29. The van der Waals surface area contributed by atoms with E-state index < -0.39 is 36.0 Å². The first-order valence-corrected chi connectivity index (χ1v) is 9.26. The van der Waals surface area contributed by atoms with E-state index in [0.29, 0.717) is 5.69 Å². The molecule has 2 heterocycles. The monoisotopic (exact) mass is 452 g/mol. The third kappa shape index (κ3) is 3.55. The van der Waals surface area contributed by atoms with Gasteiger partial charge in [0.1, 0.15) is 6.54 Å². The van der Waals surface area contributed by atoms with Crippen LogP contribution in [0.25, 0.3) is 32.9 Å². The highest BCUT2D eigenvalue weighted by molar-refractivity contribution is 6.06. The predicted octanol–water partition coefficient (Wildman–Crippen LogP) is 6.29. The third-order valence-corrected chi connectivity index (χ3v) is 5.29. The second-order valence-corrected chi connectivity index (χ2v) is 7.23. The number of aliphatic carboxylic acids is 1. The van der Waals surface area contributed by atoms with Crippen LogP contribution in [0, 0.1) is 6.92 Å². The zero-order chi connectivity index (χ0) is 23.4. The van der Waals surface area contributed by atoms with Gasteiger partial charge < -0.3 is 9.67 Å². The molecule has 32 heavy (non-hydrogen) atoms. The second-order valence-electron chi connectivity index (χ2n) is 7.23. The van der Waals surface area contributed by atoms with Crippen LogP contribution in [0.5, 0.6) is 0 Å². The fourth-order valence-corrected chi connectivity index (χ4v) is 3.96. The van der Waals surface area contributed by atoms with Crippen molar-refractivity contribution in [3.8, 4) is 11.1 Å². The summed E-state index contributed by atoms with van der Waals surface area (Å²) in [5.41, 5.74) is -1.28. The maximum atomic E-state index is 13.5. The molecule has 0 aliphatic heterocycles. The van der Waals surface area contributed by atoms with Crippen LogP contribution in [0.15, 0.2) is 48.7 Å². The van der Waals surface area contributed by atoms with E-state index in [9.17, 15) is 36.2 Å². The molecule has 0 saturated carbocycles. The van der Waals surface area contributed by atoms with E-state index in [1.165, 1.54) is 35.8 Å². The average Bonchev–Trinajstić information content (AvgIpc) is 2.96. The van der Waals surface area contributed by atoms with Crippen LogP contribution >= 0.6 is 0 Å². The fraction of sp³-hybridized carbons (Fsp3) is 0.182. The highest BCUT2D eigenvalue weighted by atomic mass is 19.4. The van der Waals surface area contributed by atoms with E-state index in [1.54, 1.807) is 0 Å². The number of hydrogen-bond donors (Lipinski definition) is 1.